The Morgan fingerprint density at radius 2 is 2.17 bits per heavy atom. The lowest BCUT2D eigenvalue weighted by Crippen LogP contribution is -2.42. The fourth-order valence-corrected chi connectivity index (χ4v) is 1.33. The van der Waals surface area contributed by atoms with Crippen molar-refractivity contribution in [3.05, 3.63) is 18.5 Å². The number of carbonyl (C=O) groups excluding carboxylic acids is 2. The maximum Gasteiger partial charge on any atom is 0.326 e. The molecule has 1 aromatic heterocycles. The summed E-state index contributed by atoms with van der Waals surface area (Å²) in [5.41, 5.74) is 4.92. The van der Waals surface area contributed by atoms with Gasteiger partial charge in [0, 0.05) is 18.8 Å². The van der Waals surface area contributed by atoms with Gasteiger partial charge in [-0.3, -0.25) is 14.3 Å². The Hall–Kier alpha value is -2.38. The van der Waals surface area contributed by atoms with Crippen molar-refractivity contribution in [2.75, 3.05) is 0 Å². The second-order valence-corrected chi connectivity index (χ2v) is 3.67. The lowest BCUT2D eigenvalue weighted by Gasteiger charge is -2.13. The molecular formula is C10H14N4O4. The van der Waals surface area contributed by atoms with Crippen molar-refractivity contribution >= 4 is 17.8 Å². The molecule has 1 heterocycles. The van der Waals surface area contributed by atoms with Crippen molar-refractivity contribution in [1.82, 2.24) is 15.1 Å². The molecule has 18 heavy (non-hydrogen) atoms. The second-order valence-electron chi connectivity index (χ2n) is 3.67. The molecule has 1 unspecified atom stereocenters. The number of hydrogen-bond acceptors (Lipinski definition) is 4. The SMILES string of the molecule is NC(=O)CCC(NC(=O)Cn1cccn1)C(=O)O. The first-order valence-electron chi connectivity index (χ1n) is 5.27. The number of hydrogen-bond donors (Lipinski definition) is 3. The zero-order valence-corrected chi connectivity index (χ0v) is 9.57. The second kappa shape index (κ2) is 6.38. The smallest absolute Gasteiger partial charge is 0.326 e. The summed E-state index contributed by atoms with van der Waals surface area (Å²) in [6.45, 7) is -0.0760. The minimum absolute atomic E-state index is 0.0322. The van der Waals surface area contributed by atoms with E-state index >= 15 is 0 Å². The van der Waals surface area contributed by atoms with E-state index < -0.39 is 23.8 Å². The molecule has 1 aromatic rings. The van der Waals surface area contributed by atoms with E-state index in [0.717, 1.165) is 0 Å². The third-order valence-electron chi connectivity index (χ3n) is 2.18. The molecule has 0 spiro atoms. The van der Waals surface area contributed by atoms with Crippen molar-refractivity contribution in [3.8, 4) is 0 Å². The minimum Gasteiger partial charge on any atom is -0.480 e. The van der Waals surface area contributed by atoms with Gasteiger partial charge in [-0.15, -0.1) is 0 Å². The Kier molecular flexibility index (Phi) is 4.85. The summed E-state index contributed by atoms with van der Waals surface area (Å²) in [6, 6.07) is 0.523. The fraction of sp³-hybridized carbons (Fsp3) is 0.400. The number of nitrogens with one attached hydrogen (secondary N) is 1. The molecule has 0 saturated carbocycles. The summed E-state index contributed by atoms with van der Waals surface area (Å²) < 4.78 is 1.36. The minimum atomic E-state index is -1.20. The standard InChI is InChI=1S/C10H14N4O4/c11-8(15)3-2-7(10(17)18)13-9(16)6-14-5-1-4-12-14/h1,4-5,7H,2-3,6H2,(H2,11,15)(H,13,16)(H,17,18). The summed E-state index contributed by atoms with van der Waals surface area (Å²) in [6.07, 6.45) is 2.96. The third-order valence-corrected chi connectivity index (χ3v) is 2.18. The Morgan fingerprint density at radius 1 is 1.44 bits per heavy atom. The van der Waals surface area contributed by atoms with E-state index in [1.807, 2.05) is 0 Å². The van der Waals surface area contributed by atoms with Gasteiger partial charge in [-0.1, -0.05) is 0 Å². The van der Waals surface area contributed by atoms with Crippen LogP contribution in [-0.2, 0) is 20.9 Å². The van der Waals surface area contributed by atoms with E-state index in [0.29, 0.717) is 0 Å². The predicted octanol–water partition coefficient (Wildman–Crippen LogP) is -1.28. The van der Waals surface area contributed by atoms with E-state index in [1.54, 1.807) is 12.3 Å². The van der Waals surface area contributed by atoms with Gasteiger partial charge in [0.15, 0.2) is 0 Å². The monoisotopic (exact) mass is 254 g/mol. The van der Waals surface area contributed by atoms with E-state index in [9.17, 15) is 14.4 Å². The van der Waals surface area contributed by atoms with Gasteiger partial charge >= 0.3 is 5.97 Å². The van der Waals surface area contributed by atoms with Crippen molar-refractivity contribution in [2.24, 2.45) is 5.73 Å². The zero-order valence-electron chi connectivity index (χ0n) is 9.57. The van der Waals surface area contributed by atoms with Crippen LogP contribution in [0.2, 0.25) is 0 Å². The van der Waals surface area contributed by atoms with Crippen LogP contribution in [-0.4, -0.2) is 38.7 Å². The van der Waals surface area contributed by atoms with E-state index in [1.165, 1.54) is 10.9 Å². The molecule has 0 aromatic carbocycles. The maximum absolute atomic E-state index is 11.5. The number of carboxylic acids is 1. The number of amides is 2. The van der Waals surface area contributed by atoms with Crippen LogP contribution in [0.15, 0.2) is 18.5 Å². The van der Waals surface area contributed by atoms with Crippen LogP contribution < -0.4 is 11.1 Å². The molecule has 0 saturated heterocycles. The summed E-state index contributed by atoms with van der Waals surface area (Å²) >= 11 is 0. The van der Waals surface area contributed by atoms with Crippen LogP contribution in [0.5, 0.6) is 0 Å². The highest BCUT2D eigenvalue weighted by molar-refractivity contribution is 5.84. The van der Waals surface area contributed by atoms with Gasteiger partial charge in [-0.05, 0) is 12.5 Å². The summed E-state index contributed by atoms with van der Waals surface area (Å²) in [5, 5.41) is 15.0. The molecule has 0 aliphatic carbocycles. The highest BCUT2D eigenvalue weighted by atomic mass is 16.4. The first-order valence-corrected chi connectivity index (χ1v) is 5.27. The van der Waals surface area contributed by atoms with Gasteiger partial charge in [-0.2, -0.15) is 5.10 Å². The van der Waals surface area contributed by atoms with Crippen LogP contribution in [0.3, 0.4) is 0 Å². The lowest BCUT2D eigenvalue weighted by atomic mass is 10.1. The number of nitrogens with zero attached hydrogens (tertiary/aromatic N) is 2. The van der Waals surface area contributed by atoms with Crippen molar-refractivity contribution in [2.45, 2.75) is 25.4 Å². The van der Waals surface area contributed by atoms with Crippen LogP contribution in [0.1, 0.15) is 12.8 Å². The zero-order chi connectivity index (χ0) is 13.5. The maximum atomic E-state index is 11.5. The molecule has 4 N–H and O–H groups in total. The number of carbonyl (C=O) groups is 3. The largest absolute Gasteiger partial charge is 0.480 e. The molecule has 0 bridgehead atoms. The third kappa shape index (κ3) is 4.64. The van der Waals surface area contributed by atoms with E-state index in [-0.39, 0.29) is 19.4 Å². The van der Waals surface area contributed by atoms with Crippen molar-refractivity contribution in [1.29, 1.82) is 0 Å². The number of nitrogens with two attached hydrogens (primary N) is 1. The molecule has 0 aliphatic heterocycles. The molecule has 8 nitrogen and oxygen atoms in total. The number of carboxylic acid groups (broad SMARTS) is 1. The molecule has 0 radical (unpaired) electrons. The van der Waals surface area contributed by atoms with Crippen molar-refractivity contribution in [3.63, 3.8) is 0 Å². The van der Waals surface area contributed by atoms with Gasteiger partial charge in [0.25, 0.3) is 0 Å². The summed E-state index contributed by atoms with van der Waals surface area (Å²) in [4.78, 5) is 33.0. The van der Waals surface area contributed by atoms with E-state index in [2.05, 4.69) is 10.4 Å². The van der Waals surface area contributed by atoms with Gasteiger partial charge in [0.2, 0.25) is 11.8 Å². The number of aliphatic carboxylic acids is 1. The molecule has 2 amide bonds. The quantitative estimate of drug-likeness (QED) is 0.558. The molecule has 1 atom stereocenters. The number of primary amides is 1. The first kappa shape index (κ1) is 13.7. The molecule has 1 rings (SSSR count). The molecule has 98 valence electrons. The fourth-order valence-electron chi connectivity index (χ4n) is 1.33. The Morgan fingerprint density at radius 3 is 2.67 bits per heavy atom. The van der Waals surface area contributed by atoms with Gasteiger partial charge in [0.1, 0.15) is 12.6 Å². The number of aromatic nitrogens is 2. The number of rotatable bonds is 7. The molecule has 8 heteroatoms. The van der Waals surface area contributed by atoms with Gasteiger partial charge < -0.3 is 16.2 Å². The summed E-state index contributed by atoms with van der Waals surface area (Å²) in [7, 11) is 0. The lowest BCUT2D eigenvalue weighted by molar-refractivity contribution is -0.142. The Balaban J connectivity index is 2.47. The van der Waals surface area contributed by atoms with Gasteiger partial charge in [0.05, 0.1) is 0 Å². The van der Waals surface area contributed by atoms with Crippen LogP contribution >= 0.6 is 0 Å². The average Bonchev–Trinajstić information content (AvgIpc) is 2.76. The van der Waals surface area contributed by atoms with Crippen LogP contribution in [0.25, 0.3) is 0 Å². The summed E-state index contributed by atoms with van der Waals surface area (Å²) in [5.74, 6) is -2.30. The normalized spacial score (nSPS) is 11.8. The first-order chi connectivity index (χ1) is 8.49. The predicted molar refractivity (Wildman–Crippen MR) is 60.2 cm³/mol. The van der Waals surface area contributed by atoms with Gasteiger partial charge in [-0.25, -0.2) is 4.79 Å². The average molecular weight is 254 g/mol. The topological polar surface area (TPSA) is 127 Å². The Labute approximate surface area is 103 Å². The molecule has 0 aliphatic rings. The van der Waals surface area contributed by atoms with Crippen LogP contribution in [0.4, 0.5) is 0 Å². The Bertz CT molecular complexity index is 429. The van der Waals surface area contributed by atoms with E-state index in [4.69, 9.17) is 10.8 Å². The van der Waals surface area contributed by atoms with Crippen molar-refractivity contribution < 1.29 is 19.5 Å². The highest BCUT2D eigenvalue weighted by Crippen LogP contribution is 1.98. The highest BCUT2D eigenvalue weighted by Gasteiger charge is 2.20. The molecular weight excluding hydrogens is 240 g/mol. The van der Waals surface area contributed by atoms with Crippen LogP contribution in [0, 0.1) is 0 Å². The molecule has 0 fully saturated rings.